The van der Waals surface area contributed by atoms with Crippen LogP contribution in [0.15, 0.2) is 24.3 Å². The summed E-state index contributed by atoms with van der Waals surface area (Å²) < 4.78 is 9.39. The van der Waals surface area contributed by atoms with Crippen molar-refractivity contribution in [1.29, 1.82) is 0 Å². The minimum Gasteiger partial charge on any atom is -0.465 e. The summed E-state index contributed by atoms with van der Waals surface area (Å²) in [6.07, 6.45) is 0.716. The first-order valence-corrected chi connectivity index (χ1v) is 9.00. The molecule has 0 saturated carbocycles. The lowest BCUT2D eigenvalue weighted by atomic mass is 10.1. The lowest BCUT2D eigenvalue weighted by molar-refractivity contribution is -0.116. The zero-order chi connectivity index (χ0) is 21.4. The molecular weight excluding hydrogens is 376 g/mol. The highest BCUT2D eigenvalue weighted by molar-refractivity contribution is 6.03. The van der Waals surface area contributed by atoms with Gasteiger partial charge in [0.25, 0.3) is 0 Å². The van der Waals surface area contributed by atoms with E-state index in [0.29, 0.717) is 18.9 Å². The molecule has 0 aliphatic heterocycles. The molecule has 0 saturated heterocycles. The Bertz CT molecular complexity index is 893. The number of rotatable bonds is 8. The molecule has 0 aliphatic carbocycles. The van der Waals surface area contributed by atoms with E-state index in [4.69, 9.17) is 4.74 Å². The van der Waals surface area contributed by atoms with Crippen LogP contribution in [0.2, 0.25) is 0 Å². The second-order valence-electron chi connectivity index (χ2n) is 6.30. The van der Waals surface area contributed by atoms with Gasteiger partial charge < -0.3 is 20.1 Å². The van der Waals surface area contributed by atoms with Gasteiger partial charge in [-0.25, -0.2) is 19.6 Å². The highest BCUT2D eigenvalue weighted by atomic mass is 16.5. The molecule has 0 atom stereocenters. The maximum absolute atomic E-state index is 12.3. The van der Waals surface area contributed by atoms with Crippen molar-refractivity contribution in [1.82, 2.24) is 9.97 Å². The highest BCUT2D eigenvalue weighted by Gasteiger charge is 2.17. The molecule has 9 heteroatoms. The number of hydrogen-bond acceptors (Lipinski definition) is 8. The van der Waals surface area contributed by atoms with Crippen molar-refractivity contribution >= 4 is 29.5 Å². The molecule has 2 N–H and O–H groups in total. The van der Waals surface area contributed by atoms with Crippen LogP contribution < -0.4 is 10.6 Å². The third-order valence-corrected chi connectivity index (χ3v) is 3.97. The van der Waals surface area contributed by atoms with Gasteiger partial charge in [0, 0.05) is 24.4 Å². The largest absolute Gasteiger partial charge is 0.465 e. The van der Waals surface area contributed by atoms with Gasteiger partial charge in [-0.1, -0.05) is 0 Å². The number of ether oxygens (including phenoxy) is 2. The van der Waals surface area contributed by atoms with Crippen molar-refractivity contribution in [3.63, 3.8) is 0 Å². The summed E-state index contributed by atoms with van der Waals surface area (Å²) in [6, 6.07) is 6.10. The van der Waals surface area contributed by atoms with Crippen molar-refractivity contribution in [3.05, 3.63) is 46.8 Å². The Morgan fingerprint density at radius 1 is 0.966 bits per heavy atom. The number of nitrogens with zero attached hydrogens (tertiary/aromatic N) is 2. The number of aryl methyl sites for hydroxylation is 2. The summed E-state index contributed by atoms with van der Waals surface area (Å²) in [5, 5.41) is 5.73. The van der Waals surface area contributed by atoms with E-state index in [9.17, 15) is 14.4 Å². The van der Waals surface area contributed by atoms with Crippen LogP contribution in [-0.4, -0.2) is 48.6 Å². The Morgan fingerprint density at radius 2 is 1.62 bits per heavy atom. The van der Waals surface area contributed by atoms with Crippen LogP contribution in [0.3, 0.4) is 0 Å². The molecular formula is C20H24N4O5. The van der Waals surface area contributed by atoms with Crippen molar-refractivity contribution in [2.45, 2.75) is 26.7 Å². The SMILES string of the molecule is COC(=O)c1ccc(C(=O)OC)c(NC(=O)CCCNc2nc(C)cc(C)n2)c1. The van der Waals surface area contributed by atoms with E-state index in [0.717, 1.165) is 11.4 Å². The maximum Gasteiger partial charge on any atom is 0.339 e. The Kier molecular flexibility index (Phi) is 7.64. The predicted molar refractivity (Wildman–Crippen MR) is 107 cm³/mol. The molecule has 0 fully saturated rings. The van der Waals surface area contributed by atoms with E-state index < -0.39 is 11.9 Å². The zero-order valence-corrected chi connectivity index (χ0v) is 16.9. The van der Waals surface area contributed by atoms with E-state index in [2.05, 4.69) is 25.3 Å². The average molecular weight is 400 g/mol. The lowest BCUT2D eigenvalue weighted by Crippen LogP contribution is -2.17. The van der Waals surface area contributed by atoms with Gasteiger partial charge >= 0.3 is 11.9 Å². The summed E-state index contributed by atoms with van der Waals surface area (Å²) in [7, 11) is 2.49. The first kappa shape index (κ1) is 21.8. The van der Waals surface area contributed by atoms with Gasteiger partial charge in [0.2, 0.25) is 11.9 Å². The van der Waals surface area contributed by atoms with Gasteiger partial charge in [-0.2, -0.15) is 0 Å². The molecule has 0 unspecified atom stereocenters. The fourth-order valence-electron chi connectivity index (χ4n) is 2.65. The van der Waals surface area contributed by atoms with Crippen LogP contribution in [0.25, 0.3) is 0 Å². The third-order valence-electron chi connectivity index (χ3n) is 3.97. The molecule has 2 aromatic rings. The lowest BCUT2D eigenvalue weighted by Gasteiger charge is -2.12. The number of benzene rings is 1. The summed E-state index contributed by atoms with van der Waals surface area (Å²) in [4.78, 5) is 44.5. The molecule has 0 spiro atoms. The average Bonchev–Trinajstić information content (AvgIpc) is 2.69. The summed E-state index contributed by atoms with van der Waals surface area (Å²) in [6.45, 7) is 4.27. The van der Waals surface area contributed by atoms with Crippen LogP contribution in [-0.2, 0) is 14.3 Å². The molecule has 0 aliphatic rings. The fraction of sp³-hybridized carbons (Fsp3) is 0.350. The topological polar surface area (TPSA) is 120 Å². The number of carbonyl (C=O) groups is 3. The number of esters is 2. The minimum absolute atomic E-state index is 0.148. The molecule has 1 heterocycles. The van der Waals surface area contributed by atoms with E-state index in [1.807, 2.05) is 19.9 Å². The van der Waals surface area contributed by atoms with Crippen molar-refractivity contribution < 1.29 is 23.9 Å². The summed E-state index contributed by atoms with van der Waals surface area (Å²) >= 11 is 0. The molecule has 2 rings (SSSR count). The molecule has 9 nitrogen and oxygen atoms in total. The normalized spacial score (nSPS) is 10.2. The van der Waals surface area contributed by atoms with Crippen LogP contribution in [0.4, 0.5) is 11.6 Å². The number of carbonyl (C=O) groups excluding carboxylic acids is 3. The fourth-order valence-corrected chi connectivity index (χ4v) is 2.65. The quantitative estimate of drug-likeness (QED) is 0.512. The van der Waals surface area contributed by atoms with Crippen LogP contribution in [0, 0.1) is 13.8 Å². The summed E-state index contributed by atoms with van der Waals surface area (Å²) in [5.74, 6) is -0.984. The smallest absolute Gasteiger partial charge is 0.339 e. The maximum atomic E-state index is 12.3. The number of amides is 1. The number of anilines is 2. The Hall–Kier alpha value is -3.49. The Morgan fingerprint density at radius 3 is 2.24 bits per heavy atom. The second kappa shape index (κ2) is 10.2. The van der Waals surface area contributed by atoms with Crippen molar-refractivity contribution in [2.24, 2.45) is 0 Å². The van der Waals surface area contributed by atoms with Crippen molar-refractivity contribution in [2.75, 3.05) is 31.4 Å². The molecule has 29 heavy (non-hydrogen) atoms. The van der Waals surface area contributed by atoms with Gasteiger partial charge in [-0.15, -0.1) is 0 Å². The standard InChI is InChI=1S/C20H24N4O5/c1-12-10-13(2)23-20(22-12)21-9-5-6-17(25)24-16-11-14(18(26)28-3)7-8-15(16)19(27)29-4/h7-8,10-11H,5-6,9H2,1-4H3,(H,24,25)(H,21,22,23). The van der Waals surface area contributed by atoms with Gasteiger partial charge in [0.05, 0.1) is 31.0 Å². The number of hydrogen-bond donors (Lipinski definition) is 2. The first-order chi connectivity index (χ1) is 13.8. The molecule has 1 aromatic carbocycles. The van der Waals surface area contributed by atoms with Crippen LogP contribution in [0.5, 0.6) is 0 Å². The molecule has 0 bridgehead atoms. The van der Waals surface area contributed by atoms with E-state index in [-0.39, 0.29) is 29.1 Å². The molecule has 0 radical (unpaired) electrons. The summed E-state index contributed by atoms with van der Waals surface area (Å²) in [5.41, 5.74) is 2.27. The van der Waals surface area contributed by atoms with Crippen LogP contribution in [0.1, 0.15) is 44.9 Å². The van der Waals surface area contributed by atoms with Gasteiger partial charge in [-0.3, -0.25) is 4.79 Å². The number of methoxy groups -OCH3 is 2. The Labute approximate surface area is 168 Å². The number of aromatic nitrogens is 2. The van der Waals surface area contributed by atoms with E-state index >= 15 is 0 Å². The van der Waals surface area contributed by atoms with Crippen molar-refractivity contribution in [3.8, 4) is 0 Å². The minimum atomic E-state index is -0.620. The zero-order valence-electron chi connectivity index (χ0n) is 16.9. The van der Waals surface area contributed by atoms with Gasteiger partial charge in [-0.05, 0) is 44.5 Å². The van der Waals surface area contributed by atoms with E-state index in [1.54, 1.807) is 0 Å². The second-order valence-corrected chi connectivity index (χ2v) is 6.30. The van der Waals surface area contributed by atoms with Gasteiger partial charge in [0.1, 0.15) is 0 Å². The first-order valence-electron chi connectivity index (χ1n) is 9.00. The predicted octanol–water partition coefficient (Wildman–Crippen LogP) is 2.50. The molecule has 154 valence electrons. The Balaban J connectivity index is 1.97. The number of nitrogens with one attached hydrogen (secondary N) is 2. The highest BCUT2D eigenvalue weighted by Crippen LogP contribution is 2.20. The van der Waals surface area contributed by atoms with E-state index in [1.165, 1.54) is 32.4 Å². The van der Waals surface area contributed by atoms with Crippen LogP contribution >= 0.6 is 0 Å². The monoisotopic (exact) mass is 400 g/mol. The molecule has 1 amide bonds. The molecule has 1 aromatic heterocycles. The van der Waals surface area contributed by atoms with Gasteiger partial charge in [0.15, 0.2) is 0 Å². The third kappa shape index (κ3) is 6.27.